The molecular weight excluding hydrogens is 385 g/mol. The van der Waals surface area contributed by atoms with E-state index in [0.29, 0.717) is 11.4 Å². The Bertz CT molecular complexity index is 1110. The van der Waals surface area contributed by atoms with Gasteiger partial charge in [-0.1, -0.05) is 29.2 Å². The van der Waals surface area contributed by atoms with Gasteiger partial charge in [-0.25, -0.2) is 9.37 Å². The second kappa shape index (κ2) is 7.45. The van der Waals surface area contributed by atoms with Gasteiger partial charge in [0.25, 0.3) is 5.91 Å². The molecule has 4 rings (SSSR count). The second-order valence-corrected chi connectivity index (χ2v) is 7.84. The molecule has 0 bridgehead atoms. The van der Waals surface area contributed by atoms with Gasteiger partial charge >= 0.3 is 0 Å². The van der Waals surface area contributed by atoms with Crippen molar-refractivity contribution in [2.75, 3.05) is 5.32 Å². The molecule has 0 saturated carbocycles. The minimum Gasteiger partial charge on any atom is -0.333 e. The topological polar surface area (TPSA) is 83.6 Å². The van der Waals surface area contributed by atoms with E-state index in [2.05, 4.69) is 31.5 Å². The van der Waals surface area contributed by atoms with Crippen LogP contribution in [0, 0.1) is 12.7 Å². The lowest BCUT2D eigenvalue weighted by Gasteiger charge is -2.01. The zero-order chi connectivity index (χ0) is 18.8. The number of imidazole rings is 1. The maximum atomic E-state index is 12.9. The highest BCUT2D eigenvalue weighted by Gasteiger charge is 2.14. The zero-order valence-electron chi connectivity index (χ0n) is 14.2. The molecule has 136 valence electrons. The molecule has 0 unspecified atom stereocenters. The van der Waals surface area contributed by atoms with E-state index in [4.69, 9.17) is 0 Å². The van der Waals surface area contributed by atoms with Crippen molar-refractivity contribution in [2.45, 2.75) is 17.8 Å². The van der Waals surface area contributed by atoms with E-state index in [1.165, 1.54) is 52.9 Å². The molecule has 0 atom stereocenters. The third-order valence-corrected chi connectivity index (χ3v) is 5.70. The van der Waals surface area contributed by atoms with E-state index in [-0.39, 0.29) is 16.7 Å². The fourth-order valence-electron chi connectivity index (χ4n) is 2.42. The summed E-state index contributed by atoms with van der Waals surface area (Å²) in [7, 11) is 0. The Labute approximate surface area is 162 Å². The van der Waals surface area contributed by atoms with Gasteiger partial charge in [-0.15, -0.1) is 10.2 Å². The normalized spacial score (nSPS) is 11.0. The lowest BCUT2D eigenvalue weighted by atomic mass is 10.2. The number of aromatic nitrogens is 4. The Morgan fingerprint density at radius 2 is 2.04 bits per heavy atom. The van der Waals surface area contributed by atoms with Crippen LogP contribution in [0.1, 0.15) is 20.4 Å². The highest BCUT2D eigenvalue weighted by Crippen LogP contribution is 2.25. The number of rotatable bonds is 5. The van der Waals surface area contributed by atoms with Crippen LogP contribution >= 0.6 is 23.1 Å². The summed E-state index contributed by atoms with van der Waals surface area (Å²) in [5.41, 5.74) is 3.59. The van der Waals surface area contributed by atoms with E-state index in [1.807, 2.05) is 19.1 Å². The summed E-state index contributed by atoms with van der Waals surface area (Å²) in [4.78, 5) is 20.0. The zero-order valence-corrected chi connectivity index (χ0v) is 15.8. The number of halogens is 1. The van der Waals surface area contributed by atoms with Gasteiger partial charge < -0.3 is 10.3 Å². The van der Waals surface area contributed by atoms with Crippen molar-refractivity contribution in [3.63, 3.8) is 0 Å². The number of aromatic amines is 1. The molecule has 6 nitrogen and oxygen atoms in total. The maximum Gasteiger partial charge on any atom is 0.286 e. The third kappa shape index (κ3) is 4.15. The van der Waals surface area contributed by atoms with E-state index >= 15 is 0 Å². The molecule has 2 heterocycles. The van der Waals surface area contributed by atoms with Gasteiger partial charge in [-0.3, -0.25) is 4.79 Å². The quantitative estimate of drug-likeness (QED) is 0.486. The number of hydrogen-bond donors (Lipinski definition) is 2. The lowest BCUT2D eigenvalue weighted by molar-refractivity contribution is 0.102. The molecule has 27 heavy (non-hydrogen) atoms. The van der Waals surface area contributed by atoms with Crippen LogP contribution in [0.3, 0.4) is 0 Å². The minimum atomic E-state index is -0.366. The molecular formula is C18H14FN5OS2. The monoisotopic (exact) mass is 399 g/mol. The van der Waals surface area contributed by atoms with Crippen molar-refractivity contribution in [1.29, 1.82) is 0 Å². The average molecular weight is 399 g/mol. The Morgan fingerprint density at radius 1 is 1.22 bits per heavy atom. The maximum absolute atomic E-state index is 12.9. The Kier molecular flexibility index (Phi) is 4.87. The molecule has 2 N–H and O–H groups in total. The number of carbonyl (C=O) groups excluding carboxylic acids is 1. The third-order valence-electron chi connectivity index (χ3n) is 3.71. The SMILES string of the molecule is Cc1ccc2nc(SCc3nnc(C(=O)Nc4ccc(F)cc4)s3)[nH]c2c1. The number of fused-ring (bicyclic) bond motifs is 1. The molecule has 0 aliphatic rings. The first-order chi connectivity index (χ1) is 13.1. The molecule has 0 spiro atoms. The standard InChI is InChI=1S/C18H14FN5OS2/c1-10-2-7-13-14(8-10)22-18(21-13)26-9-15-23-24-17(27-15)16(25)20-12-5-3-11(19)4-6-12/h2-8H,9H2,1H3,(H,20,25)(H,21,22). The molecule has 2 aromatic heterocycles. The highest BCUT2D eigenvalue weighted by molar-refractivity contribution is 7.98. The Hall–Kier alpha value is -2.78. The molecule has 0 fully saturated rings. The first-order valence-corrected chi connectivity index (χ1v) is 9.85. The van der Waals surface area contributed by atoms with Crippen LogP contribution in [0.15, 0.2) is 47.6 Å². The van der Waals surface area contributed by atoms with E-state index in [9.17, 15) is 9.18 Å². The van der Waals surface area contributed by atoms with Gasteiger partial charge in [0.2, 0.25) is 5.01 Å². The Balaban J connectivity index is 1.39. The summed E-state index contributed by atoms with van der Waals surface area (Å²) in [6.07, 6.45) is 0. The first kappa shape index (κ1) is 17.6. The summed E-state index contributed by atoms with van der Waals surface area (Å²) in [6, 6.07) is 11.6. The number of thioether (sulfide) groups is 1. The predicted octanol–water partition coefficient (Wildman–Crippen LogP) is 4.41. The van der Waals surface area contributed by atoms with E-state index in [0.717, 1.165) is 21.2 Å². The summed E-state index contributed by atoms with van der Waals surface area (Å²) < 4.78 is 12.9. The number of benzene rings is 2. The molecule has 0 saturated heterocycles. The molecule has 4 aromatic rings. The van der Waals surface area contributed by atoms with Crippen molar-refractivity contribution in [3.05, 3.63) is 63.9 Å². The van der Waals surface area contributed by atoms with Crippen molar-refractivity contribution in [3.8, 4) is 0 Å². The van der Waals surface area contributed by atoms with Crippen LogP contribution in [-0.2, 0) is 5.75 Å². The summed E-state index contributed by atoms with van der Waals surface area (Å²) in [6.45, 7) is 2.03. The highest BCUT2D eigenvalue weighted by atomic mass is 32.2. The number of nitrogens with zero attached hydrogens (tertiary/aromatic N) is 3. The van der Waals surface area contributed by atoms with Crippen LogP contribution < -0.4 is 5.32 Å². The largest absolute Gasteiger partial charge is 0.333 e. The van der Waals surface area contributed by atoms with Gasteiger partial charge in [0, 0.05) is 5.69 Å². The van der Waals surface area contributed by atoms with Crippen LogP contribution in [0.2, 0.25) is 0 Å². The van der Waals surface area contributed by atoms with Crippen LogP contribution in [0.25, 0.3) is 11.0 Å². The van der Waals surface area contributed by atoms with E-state index in [1.54, 1.807) is 0 Å². The number of aryl methyl sites for hydroxylation is 1. The number of nitrogens with one attached hydrogen (secondary N) is 2. The number of amides is 1. The first-order valence-electron chi connectivity index (χ1n) is 8.05. The van der Waals surface area contributed by atoms with Gasteiger partial charge in [0.1, 0.15) is 10.8 Å². The molecule has 0 radical (unpaired) electrons. The average Bonchev–Trinajstić information content (AvgIpc) is 3.28. The van der Waals surface area contributed by atoms with Gasteiger partial charge in [-0.05, 0) is 48.9 Å². The fraction of sp³-hybridized carbons (Fsp3) is 0.111. The molecule has 9 heteroatoms. The Morgan fingerprint density at radius 3 is 2.85 bits per heavy atom. The van der Waals surface area contributed by atoms with Gasteiger partial charge in [-0.2, -0.15) is 0 Å². The van der Waals surface area contributed by atoms with Gasteiger partial charge in [0.05, 0.1) is 16.8 Å². The number of anilines is 1. The lowest BCUT2D eigenvalue weighted by Crippen LogP contribution is -2.11. The summed E-state index contributed by atoms with van der Waals surface area (Å²) >= 11 is 2.72. The van der Waals surface area contributed by atoms with E-state index < -0.39 is 0 Å². The molecule has 1 amide bonds. The minimum absolute atomic E-state index is 0.259. The number of carbonyl (C=O) groups is 1. The van der Waals surface area contributed by atoms with Gasteiger partial charge in [0.15, 0.2) is 5.16 Å². The van der Waals surface area contributed by atoms with Crippen LogP contribution in [-0.4, -0.2) is 26.1 Å². The number of hydrogen-bond acceptors (Lipinski definition) is 6. The van der Waals surface area contributed by atoms with Crippen molar-refractivity contribution in [1.82, 2.24) is 20.2 Å². The fourth-order valence-corrected chi connectivity index (χ4v) is 4.03. The predicted molar refractivity (Wildman–Crippen MR) is 105 cm³/mol. The summed E-state index contributed by atoms with van der Waals surface area (Å²) in [5.74, 6) is -0.168. The smallest absolute Gasteiger partial charge is 0.286 e. The summed E-state index contributed by atoms with van der Waals surface area (Å²) in [5, 5.41) is 12.4. The van der Waals surface area contributed by atoms with Crippen molar-refractivity contribution >= 4 is 45.7 Å². The molecule has 0 aliphatic carbocycles. The van der Waals surface area contributed by atoms with Crippen molar-refractivity contribution < 1.29 is 9.18 Å². The number of H-pyrrole nitrogens is 1. The van der Waals surface area contributed by atoms with Crippen molar-refractivity contribution in [2.24, 2.45) is 0 Å². The molecule has 2 aromatic carbocycles. The second-order valence-electron chi connectivity index (χ2n) is 5.81. The van der Waals surface area contributed by atoms with Crippen LogP contribution in [0.5, 0.6) is 0 Å². The van der Waals surface area contributed by atoms with Crippen LogP contribution in [0.4, 0.5) is 10.1 Å². The molecule has 0 aliphatic heterocycles.